The number of hydrogen-bond acceptors (Lipinski definition) is 2. The Morgan fingerprint density at radius 2 is 1.14 bits per heavy atom. The molecule has 10 heteroatoms. The zero-order valence-electron chi connectivity index (χ0n) is 19.7. The maximum Gasteiger partial charge on any atom is 0.275 e. The van der Waals surface area contributed by atoms with Crippen molar-refractivity contribution in [2.75, 3.05) is 0 Å². The summed E-state index contributed by atoms with van der Waals surface area (Å²) in [5, 5.41) is 6.75. The number of hydrogen-bond donors (Lipinski definition) is 2. The van der Waals surface area contributed by atoms with Crippen LogP contribution < -0.4 is 11.1 Å². The molecule has 0 aliphatic heterocycles. The van der Waals surface area contributed by atoms with Crippen LogP contribution >= 0.6 is 23.2 Å². The lowest BCUT2D eigenvalue weighted by Crippen LogP contribution is -2.25. The topological polar surface area (TPSA) is 75.6 Å². The Labute approximate surface area is 219 Å². The quantitative estimate of drug-likeness (QED) is 0.285. The van der Waals surface area contributed by atoms with Gasteiger partial charge in [-0.3, -0.25) is 19.8 Å². The second-order valence-electron chi connectivity index (χ2n) is 8.63. The zero-order valence-corrected chi connectivity index (χ0v) is 21.2. The van der Waals surface area contributed by atoms with E-state index in [-0.39, 0.29) is 5.02 Å². The highest BCUT2D eigenvalue weighted by Gasteiger charge is 2.32. The fourth-order valence-corrected chi connectivity index (χ4v) is 5.05. The summed E-state index contributed by atoms with van der Waals surface area (Å²) in [4.78, 5) is 27.6. The molecule has 0 unspecified atom stereocenters. The highest BCUT2D eigenvalue weighted by atomic mass is 35.5. The molecule has 0 saturated carbocycles. The number of aryl methyl sites for hydroxylation is 2. The highest BCUT2D eigenvalue weighted by Crippen LogP contribution is 2.37. The normalized spacial score (nSPS) is 11.4. The van der Waals surface area contributed by atoms with Crippen LogP contribution in [0.5, 0.6) is 0 Å². The Morgan fingerprint density at radius 1 is 0.703 bits per heavy atom. The van der Waals surface area contributed by atoms with E-state index in [1.807, 2.05) is 0 Å². The molecule has 5 aromatic rings. The van der Waals surface area contributed by atoms with Gasteiger partial charge in [0.05, 0.1) is 28.4 Å². The van der Waals surface area contributed by atoms with Crippen LogP contribution in [-0.2, 0) is 0 Å². The first-order valence-corrected chi connectivity index (χ1v) is 12.0. The number of aromatic amines is 2. The molecular formula is C27H20Cl2F2N4O2. The van der Waals surface area contributed by atoms with E-state index in [4.69, 9.17) is 23.2 Å². The molecule has 37 heavy (non-hydrogen) atoms. The Hall–Kier alpha value is -3.88. The lowest BCUT2D eigenvalue weighted by molar-refractivity contribution is 0.626. The van der Waals surface area contributed by atoms with Crippen LogP contribution in [0.2, 0.25) is 10.0 Å². The number of aromatic nitrogens is 4. The summed E-state index contributed by atoms with van der Waals surface area (Å²) in [6, 6.07) is 15.8. The van der Waals surface area contributed by atoms with E-state index in [9.17, 15) is 18.4 Å². The van der Waals surface area contributed by atoms with Crippen LogP contribution in [0.15, 0.2) is 76.3 Å². The van der Waals surface area contributed by atoms with Gasteiger partial charge in [0.1, 0.15) is 11.6 Å². The minimum absolute atomic E-state index is 0.277. The van der Waals surface area contributed by atoms with Gasteiger partial charge in [0.15, 0.2) is 0 Å². The van der Waals surface area contributed by atoms with Crippen molar-refractivity contribution in [1.29, 1.82) is 0 Å². The predicted molar refractivity (Wildman–Crippen MR) is 140 cm³/mol. The highest BCUT2D eigenvalue weighted by molar-refractivity contribution is 6.35. The van der Waals surface area contributed by atoms with Gasteiger partial charge in [-0.1, -0.05) is 29.3 Å². The molecule has 2 aromatic heterocycles. The van der Waals surface area contributed by atoms with Gasteiger partial charge in [0, 0.05) is 21.4 Å². The van der Waals surface area contributed by atoms with Crippen molar-refractivity contribution in [2.24, 2.45) is 0 Å². The molecule has 0 saturated heterocycles. The lowest BCUT2D eigenvalue weighted by atomic mass is 9.85. The number of benzene rings is 3. The third-order valence-corrected chi connectivity index (χ3v) is 6.82. The molecule has 0 aliphatic carbocycles. The van der Waals surface area contributed by atoms with Crippen LogP contribution in [0.25, 0.3) is 11.4 Å². The van der Waals surface area contributed by atoms with Crippen LogP contribution in [0, 0.1) is 25.5 Å². The van der Waals surface area contributed by atoms with E-state index >= 15 is 0 Å². The standard InChI is InChI=1S/C27H20Cl2F2N4O2/c1-14-23(26(36)34(32-14)19-8-4-17(30)5-9-19)25(21-12-3-16(28)13-22(21)29)24-15(2)33-35(27(24)37)20-10-6-18(31)7-11-20/h3-13,25,32-33H,1-2H3. The summed E-state index contributed by atoms with van der Waals surface area (Å²) in [5.41, 5.74) is 2.09. The van der Waals surface area contributed by atoms with Gasteiger partial charge in [-0.05, 0) is 80.1 Å². The average molecular weight is 541 g/mol. The zero-order chi connectivity index (χ0) is 26.4. The molecule has 2 heterocycles. The van der Waals surface area contributed by atoms with Gasteiger partial charge in [0.25, 0.3) is 11.1 Å². The smallest absolute Gasteiger partial charge is 0.275 e. The average Bonchev–Trinajstić information content (AvgIpc) is 3.32. The monoisotopic (exact) mass is 540 g/mol. The Balaban J connectivity index is 1.78. The van der Waals surface area contributed by atoms with E-state index in [1.54, 1.807) is 32.0 Å². The molecule has 6 nitrogen and oxygen atoms in total. The number of rotatable bonds is 5. The Bertz CT molecular complexity index is 1630. The molecule has 2 N–H and O–H groups in total. The van der Waals surface area contributed by atoms with Crippen molar-refractivity contribution in [2.45, 2.75) is 19.8 Å². The van der Waals surface area contributed by atoms with E-state index in [1.165, 1.54) is 57.9 Å². The molecule has 0 bridgehead atoms. The maximum absolute atomic E-state index is 13.8. The van der Waals surface area contributed by atoms with Gasteiger partial charge in [-0.15, -0.1) is 0 Å². The van der Waals surface area contributed by atoms with Crippen molar-refractivity contribution in [3.8, 4) is 11.4 Å². The molecule has 5 rings (SSSR count). The van der Waals surface area contributed by atoms with Crippen LogP contribution in [0.1, 0.15) is 34.0 Å². The first kappa shape index (κ1) is 24.8. The van der Waals surface area contributed by atoms with Gasteiger partial charge < -0.3 is 0 Å². The number of halogens is 4. The first-order chi connectivity index (χ1) is 17.7. The van der Waals surface area contributed by atoms with Gasteiger partial charge in [-0.2, -0.15) is 0 Å². The maximum atomic E-state index is 13.8. The number of nitrogens with zero attached hydrogens (tertiary/aromatic N) is 2. The molecule has 3 aromatic carbocycles. The third-order valence-electron chi connectivity index (χ3n) is 6.25. The van der Waals surface area contributed by atoms with Crippen LogP contribution in [0.4, 0.5) is 8.78 Å². The SMILES string of the molecule is Cc1[nH]n(-c2ccc(F)cc2)c(=O)c1C(c1ccc(Cl)cc1Cl)c1c(C)[nH]n(-c2ccc(F)cc2)c1=O. The van der Waals surface area contributed by atoms with E-state index in [0.717, 1.165) is 0 Å². The van der Waals surface area contributed by atoms with Gasteiger partial charge in [-0.25, -0.2) is 18.1 Å². The van der Waals surface area contributed by atoms with Crippen LogP contribution in [-0.4, -0.2) is 19.6 Å². The molecule has 188 valence electrons. The molecule has 0 spiro atoms. The number of nitrogens with one attached hydrogen (secondary N) is 2. The van der Waals surface area contributed by atoms with E-state index in [2.05, 4.69) is 10.2 Å². The fraction of sp³-hybridized carbons (Fsp3) is 0.111. The largest absolute Gasteiger partial charge is 0.295 e. The minimum Gasteiger partial charge on any atom is -0.295 e. The Morgan fingerprint density at radius 3 is 1.54 bits per heavy atom. The van der Waals surface area contributed by atoms with Crippen molar-refractivity contribution >= 4 is 23.2 Å². The summed E-state index contributed by atoms with van der Waals surface area (Å²) in [5.74, 6) is -1.74. The summed E-state index contributed by atoms with van der Waals surface area (Å²) in [6.07, 6.45) is 0. The molecule has 0 radical (unpaired) electrons. The summed E-state index contributed by atoms with van der Waals surface area (Å²) < 4.78 is 29.6. The van der Waals surface area contributed by atoms with E-state index in [0.29, 0.717) is 44.5 Å². The lowest BCUT2D eigenvalue weighted by Gasteiger charge is -2.17. The Kier molecular flexibility index (Phi) is 6.39. The predicted octanol–water partition coefficient (Wildman–Crippen LogP) is 6.03. The minimum atomic E-state index is -0.874. The molecular weight excluding hydrogens is 521 g/mol. The molecule has 0 amide bonds. The molecule has 0 atom stereocenters. The second-order valence-corrected chi connectivity index (χ2v) is 9.48. The number of H-pyrrole nitrogens is 2. The van der Waals surface area contributed by atoms with Crippen molar-refractivity contribution < 1.29 is 8.78 Å². The van der Waals surface area contributed by atoms with Crippen molar-refractivity contribution in [3.05, 3.63) is 137 Å². The molecule has 0 aliphatic rings. The first-order valence-electron chi connectivity index (χ1n) is 11.3. The fourth-order valence-electron chi connectivity index (χ4n) is 4.53. The molecule has 0 fully saturated rings. The second kappa shape index (κ2) is 9.53. The summed E-state index contributed by atoms with van der Waals surface area (Å²) in [6.45, 7) is 3.43. The third kappa shape index (κ3) is 4.43. The van der Waals surface area contributed by atoms with Gasteiger partial charge in [0.2, 0.25) is 0 Å². The van der Waals surface area contributed by atoms with Crippen molar-refractivity contribution in [1.82, 2.24) is 19.6 Å². The van der Waals surface area contributed by atoms with Crippen molar-refractivity contribution in [3.63, 3.8) is 0 Å². The van der Waals surface area contributed by atoms with Crippen LogP contribution in [0.3, 0.4) is 0 Å². The summed E-state index contributed by atoms with van der Waals surface area (Å²) >= 11 is 12.8. The van der Waals surface area contributed by atoms with Gasteiger partial charge >= 0.3 is 0 Å². The summed E-state index contributed by atoms with van der Waals surface area (Å²) in [7, 11) is 0. The van der Waals surface area contributed by atoms with E-state index < -0.39 is 28.7 Å².